The molecule has 3 heteroatoms. The van der Waals surface area contributed by atoms with E-state index in [0.717, 1.165) is 18.6 Å². The fourth-order valence-corrected chi connectivity index (χ4v) is 1.56. The summed E-state index contributed by atoms with van der Waals surface area (Å²) < 4.78 is 5.65. The third kappa shape index (κ3) is 4.73. The maximum absolute atomic E-state index is 5.67. The molecule has 0 radical (unpaired) electrons. The summed E-state index contributed by atoms with van der Waals surface area (Å²) in [7, 11) is 0. The van der Waals surface area contributed by atoms with Gasteiger partial charge in [0.2, 0.25) is 0 Å². The number of benzene rings is 1. The molecule has 0 aliphatic carbocycles. The van der Waals surface area contributed by atoms with Crippen LogP contribution < -0.4 is 10.5 Å². The van der Waals surface area contributed by atoms with Crippen LogP contribution in [0.5, 0.6) is 5.75 Å². The van der Waals surface area contributed by atoms with Crippen molar-refractivity contribution in [3.8, 4) is 5.75 Å². The molecule has 0 saturated carbocycles. The van der Waals surface area contributed by atoms with Gasteiger partial charge in [0.25, 0.3) is 0 Å². The summed E-state index contributed by atoms with van der Waals surface area (Å²) in [6.45, 7) is 6.91. The number of aryl methyl sites for hydroxylation is 1. The fraction of sp³-hybridized carbons (Fsp3) is 0.500. The number of thiocarbonyl (C=S) groups is 1. The van der Waals surface area contributed by atoms with Gasteiger partial charge >= 0.3 is 0 Å². The number of rotatable bonds is 6. The molecule has 0 saturated heterocycles. The average molecular weight is 251 g/mol. The Bertz CT molecular complexity index is 370. The molecule has 0 amide bonds. The summed E-state index contributed by atoms with van der Waals surface area (Å²) in [5.41, 5.74) is 6.84. The highest BCUT2D eigenvalue weighted by Gasteiger charge is 2.20. The smallest absolute Gasteiger partial charge is 0.119 e. The number of hydrogen-bond acceptors (Lipinski definition) is 2. The van der Waals surface area contributed by atoms with E-state index in [-0.39, 0.29) is 5.41 Å². The zero-order chi connectivity index (χ0) is 12.9. The molecule has 0 spiro atoms. The predicted molar refractivity (Wildman–Crippen MR) is 76.5 cm³/mol. The zero-order valence-corrected chi connectivity index (χ0v) is 11.6. The molecule has 0 atom stereocenters. The van der Waals surface area contributed by atoms with Crippen LogP contribution in [0.4, 0.5) is 0 Å². The lowest BCUT2D eigenvalue weighted by molar-refractivity contribution is 0.288. The van der Waals surface area contributed by atoms with Crippen LogP contribution in [0, 0.1) is 12.3 Å². The molecular formula is C14H21NOS. The monoisotopic (exact) mass is 251 g/mol. The quantitative estimate of drug-likeness (QED) is 0.621. The molecule has 1 rings (SSSR count). The van der Waals surface area contributed by atoms with Crippen LogP contribution in [0.1, 0.15) is 32.3 Å². The van der Waals surface area contributed by atoms with E-state index in [0.29, 0.717) is 11.6 Å². The summed E-state index contributed by atoms with van der Waals surface area (Å²) in [4.78, 5) is 0.577. The number of nitrogens with two attached hydrogens (primary N) is 1. The lowest BCUT2D eigenvalue weighted by Gasteiger charge is -2.22. The van der Waals surface area contributed by atoms with E-state index >= 15 is 0 Å². The van der Waals surface area contributed by atoms with Crippen LogP contribution in [0.2, 0.25) is 0 Å². The Kier molecular flexibility index (Phi) is 4.94. The van der Waals surface area contributed by atoms with E-state index in [1.165, 1.54) is 5.56 Å². The normalized spacial score (nSPS) is 11.2. The number of hydrogen-bond donors (Lipinski definition) is 1. The van der Waals surface area contributed by atoms with E-state index < -0.39 is 0 Å². The second-order valence-electron chi connectivity index (χ2n) is 5.01. The molecule has 0 heterocycles. The summed E-state index contributed by atoms with van der Waals surface area (Å²) in [5, 5.41) is 0. The molecule has 94 valence electrons. The summed E-state index contributed by atoms with van der Waals surface area (Å²) in [6.07, 6.45) is 1.91. The molecule has 0 fully saturated rings. The zero-order valence-electron chi connectivity index (χ0n) is 10.8. The molecule has 17 heavy (non-hydrogen) atoms. The topological polar surface area (TPSA) is 35.2 Å². The van der Waals surface area contributed by atoms with Crippen molar-refractivity contribution < 1.29 is 4.74 Å². The molecular weight excluding hydrogens is 230 g/mol. The van der Waals surface area contributed by atoms with Crippen molar-refractivity contribution in [2.24, 2.45) is 11.1 Å². The van der Waals surface area contributed by atoms with Crippen molar-refractivity contribution in [2.45, 2.75) is 33.6 Å². The third-order valence-electron chi connectivity index (χ3n) is 2.90. The molecule has 0 aliphatic rings. The van der Waals surface area contributed by atoms with E-state index in [2.05, 4.69) is 20.8 Å². The van der Waals surface area contributed by atoms with Gasteiger partial charge in [-0.3, -0.25) is 0 Å². The van der Waals surface area contributed by atoms with Gasteiger partial charge in [0.15, 0.2) is 0 Å². The Hall–Kier alpha value is -1.09. The largest absolute Gasteiger partial charge is 0.494 e. The Labute approximate surface area is 109 Å². The summed E-state index contributed by atoms with van der Waals surface area (Å²) in [6, 6.07) is 8.09. The van der Waals surface area contributed by atoms with Crippen molar-refractivity contribution in [3.05, 3.63) is 29.8 Å². The van der Waals surface area contributed by atoms with Crippen LogP contribution in [-0.4, -0.2) is 11.6 Å². The minimum absolute atomic E-state index is 0.0774. The van der Waals surface area contributed by atoms with Gasteiger partial charge in [-0.15, -0.1) is 0 Å². The lowest BCUT2D eigenvalue weighted by Crippen LogP contribution is -2.30. The first-order valence-corrected chi connectivity index (χ1v) is 6.32. The average Bonchev–Trinajstić information content (AvgIpc) is 2.26. The van der Waals surface area contributed by atoms with Crippen molar-refractivity contribution in [3.63, 3.8) is 0 Å². The van der Waals surface area contributed by atoms with Crippen LogP contribution in [0.15, 0.2) is 24.3 Å². The van der Waals surface area contributed by atoms with Crippen molar-refractivity contribution in [2.75, 3.05) is 6.61 Å². The van der Waals surface area contributed by atoms with Crippen LogP contribution in [0.3, 0.4) is 0 Å². The van der Waals surface area contributed by atoms with E-state index in [1.54, 1.807) is 0 Å². The Morgan fingerprint density at radius 2 is 1.88 bits per heavy atom. The molecule has 2 N–H and O–H groups in total. The van der Waals surface area contributed by atoms with Crippen LogP contribution in [0.25, 0.3) is 0 Å². The van der Waals surface area contributed by atoms with Gasteiger partial charge in [0, 0.05) is 5.41 Å². The highest BCUT2D eigenvalue weighted by Crippen LogP contribution is 2.22. The molecule has 1 aromatic carbocycles. The summed E-state index contributed by atoms with van der Waals surface area (Å²) >= 11 is 5.03. The predicted octanol–water partition coefficient (Wildman–Crippen LogP) is 3.47. The van der Waals surface area contributed by atoms with Gasteiger partial charge < -0.3 is 10.5 Å². The first-order valence-electron chi connectivity index (χ1n) is 5.91. The first-order chi connectivity index (χ1) is 7.92. The van der Waals surface area contributed by atoms with Gasteiger partial charge in [-0.25, -0.2) is 0 Å². The maximum atomic E-state index is 5.67. The molecule has 0 aliphatic heterocycles. The van der Waals surface area contributed by atoms with Crippen LogP contribution >= 0.6 is 12.2 Å². The first kappa shape index (κ1) is 14.0. The molecule has 1 aromatic rings. The van der Waals surface area contributed by atoms with Gasteiger partial charge in [-0.2, -0.15) is 0 Å². The minimum atomic E-state index is -0.0774. The Morgan fingerprint density at radius 1 is 1.29 bits per heavy atom. The van der Waals surface area contributed by atoms with E-state index in [4.69, 9.17) is 22.7 Å². The molecule has 0 bridgehead atoms. The Morgan fingerprint density at radius 3 is 2.41 bits per heavy atom. The standard InChI is InChI=1S/C14H21NOS/c1-11-5-7-12(8-6-11)16-10-4-9-14(2,3)13(15)17/h5-8H,4,9-10H2,1-3H3,(H2,15,17). The van der Waals surface area contributed by atoms with Gasteiger partial charge in [0.05, 0.1) is 11.6 Å². The second-order valence-corrected chi connectivity index (χ2v) is 5.45. The fourth-order valence-electron chi connectivity index (χ4n) is 1.46. The molecule has 0 unspecified atom stereocenters. The number of ether oxygens (including phenoxy) is 1. The second kappa shape index (κ2) is 6.01. The highest BCUT2D eigenvalue weighted by atomic mass is 32.1. The summed E-state index contributed by atoms with van der Waals surface area (Å²) in [5.74, 6) is 0.920. The SMILES string of the molecule is Cc1ccc(OCCCC(C)(C)C(N)=S)cc1. The minimum Gasteiger partial charge on any atom is -0.494 e. The highest BCUT2D eigenvalue weighted by molar-refractivity contribution is 7.80. The van der Waals surface area contributed by atoms with Crippen molar-refractivity contribution in [1.82, 2.24) is 0 Å². The van der Waals surface area contributed by atoms with Gasteiger partial charge in [-0.1, -0.05) is 43.8 Å². The molecule has 2 nitrogen and oxygen atoms in total. The van der Waals surface area contributed by atoms with E-state index in [1.807, 2.05) is 24.3 Å². The molecule has 0 aromatic heterocycles. The Balaban J connectivity index is 2.29. The maximum Gasteiger partial charge on any atom is 0.119 e. The van der Waals surface area contributed by atoms with Crippen LogP contribution in [-0.2, 0) is 0 Å². The van der Waals surface area contributed by atoms with Crippen molar-refractivity contribution >= 4 is 17.2 Å². The van der Waals surface area contributed by atoms with Gasteiger partial charge in [0.1, 0.15) is 5.75 Å². The van der Waals surface area contributed by atoms with Crippen molar-refractivity contribution in [1.29, 1.82) is 0 Å². The third-order valence-corrected chi connectivity index (χ3v) is 3.46. The van der Waals surface area contributed by atoms with E-state index in [9.17, 15) is 0 Å². The lowest BCUT2D eigenvalue weighted by atomic mass is 9.88. The van der Waals surface area contributed by atoms with Gasteiger partial charge in [-0.05, 0) is 31.9 Å².